The maximum atomic E-state index is 5.93. The topological polar surface area (TPSA) is 66.0 Å². The van der Waals surface area contributed by atoms with Crippen LogP contribution in [0.25, 0.3) is 0 Å². The van der Waals surface area contributed by atoms with E-state index in [1.54, 1.807) is 4.68 Å². The number of nitrogens with two attached hydrogens (primary N) is 1. The van der Waals surface area contributed by atoms with Crippen molar-refractivity contribution in [3.63, 3.8) is 0 Å². The Morgan fingerprint density at radius 1 is 1.50 bits per heavy atom. The van der Waals surface area contributed by atoms with Gasteiger partial charge in [-0.1, -0.05) is 15.9 Å². The highest BCUT2D eigenvalue weighted by molar-refractivity contribution is 9.10. The Balaban J connectivity index is 2.16. The van der Waals surface area contributed by atoms with Crippen LogP contribution in [0, 0.1) is 0 Å². The van der Waals surface area contributed by atoms with Gasteiger partial charge in [0, 0.05) is 23.1 Å². The van der Waals surface area contributed by atoms with E-state index in [1.807, 2.05) is 32.2 Å². The predicted molar refractivity (Wildman–Crippen MR) is 72.1 cm³/mol. The molecule has 2 aromatic rings. The molecular weight excluding hydrogens is 296 g/mol. The first kappa shape index (κ1) is 13.0. The van der Waals surface area contributed by atoms with Gasteiger partial charge in [0.2, 0.25) is 0 Å². The second-order valence-electron chi connectivity index (χ2n) is 4.06. The standard InChI is InChI=1S/C12H15BrN4O/c1-8(14)10-5-9(13)3-4-11(10)18-6-12-15-7-16-17(12)2/h3-5,7-8H,6,14H2,1-2H3/t8-/m1/s1. The molecule has 96 valence electrons. The van der Waals surface area contributed by atoms with Crippen molar-refractivity contribution >= 4 is 15.9 Å². The van der Waals surface area contributed by atoms with Crippen LogP contribution in [-0.2, 0) is 13.7 Å². The maximum Gasteiger partial charge on any atom is 0.164 e. The summed E-state index contributed by atoms with van der Waals surface area (Å²) in [6.45, 7) is 2.30. The predicted octanol–water partition coefficient (Wildman–Crippen LogP) is 2.18. The third kappa shape index (κ3) is 2.88. The van der Waals surface area contributed by atoms with E-state index < -0.39 is 0 Å². The summed E-state index contributed by atoms with van der Waals surface area (Å²) in [6.07, 6.45) is 1.51. The van der Waals surface area contributed by atoms with Crippen LogP contribution in [0.1, 0.15) is 24.4 Å². The van der Waals surface area contributed by atoms with E-state index in [-0.39, 0.29) is 6.04 Å². The van der Waals surface area contributed by atoms with E-state index in [1.165, 1.54) is 6.33 Å². The molecule has 5 nitrogen and oxygen atoms in total. The second-order valence-corrected chi connectivity index (χ2v) is 4.98. The van der Waals surface area contributed by atoms with Crippen LogP contribution in [0.4, 0.5) is 0 Å². The molecule has 0 spiro atoms. The van der Waals surface area contributed by atoms with E-state index in [0.29, 0.717) is 6.61 Å². The van der Waals surface area contributed by atoms with Gasteiger partial charge in [-0.25, -0.2) is 4.98 Å². The van der Waals surface area contributed by atoms with Gasteiger partial charge in [0.25, 0.3) is 0 Å². The Morgan fingerprint density at radius 3 is 2.89 bits per heavy atom. The Kier molecular flexibility index (Phi) is 3.98. The molecule has 6 heteroatoms. The molecule has 1 heterocycles. The van der Waals surface area contributed by atoms with E-state index in [0.717, 1.165) is 21.6 Å². The Hall–Kier alpha value is -1.40. The molecule has 0 bridgehead atoms. The van der Waals surface area contributed by atoms with Crippen molar-refractivity contribution in [3.05, 3.63) is 40.4 Å². The zero-order valence-corrected chi connectivity index (χ0v) is 11.9. The van der Waals surface area contributed by atoms with Gasteiger partial charge in [-0.05, 0) is 25.1 Å². The first-order valence-corrected chi connectivity index (χ1v) is 6.38. The van der Waals surface area contributed by atoms with Crippen LogP contribution < -0.4 is 10.5 Å². The summed E-state index contributed by atoms with van der Waals surface area (Å²) < 4.78 is 8.43. The van der Waals surface area contributed by atoms with Crippen molar-refractivity contribution in [2.75, 3.05) is 0 Å². The fraction of sp³-hybridized carbons (Fsp3) is 0.333. The van der Waals surface area contributed by atoms with Gasteiger partial charge in [-0.15, -0.1) is 0 Å². The number of halogens is 1. The second kappa shape index (κ2) is 5.49. The highest BCUT2D eigenvalue weighted by atomic mass is 79.9. The molecule has 0 saturated heterocycles. The van der Waals surface area contributed by atoms with Crippen molar-refractivity contribution in [1.29, 1.82) is 0 Å². The fourth-order valence-electron chi connectivity index (χ4n) is 1.60. The first-order chi connectivity index (χ1) is 8.58. The molecule has 1 aromatic heterocycles. The summed E-state index contributed by atoms with van der Waals surface area (Å²) in [5.74, 6) is 1.55. The lowest BCUT2D eigenvalue weighted by Gasteiger charge is -2.14. The highest BCUT2D eigenvalue weighted by Gasteiger charge is 2.10. The van der Waals surface area contributed by atoms with Crippen LogP contribution in [0.2, 0.25) is 0 Å². The normalized spacial score (nSPS) is 12.4. The molecule has 1 atom stereocenters. The number of nitrogens with zero attached hydrogens (tertiary/aromatic N) is 3. The minimum Gasteiger partial charge on any atom is -0.485 e. The quantitative estimate of drug-likeness (QED) is 0.940. The summed E-state index contributed by atoms with van der Waals surface area (Å²) in [6, 6.07) is 5.71. The summed E-state index contributed by atoms with van der Waals surface area (Å²) in [7, 11) is 1.83. The summed E-state index contributed by atoms with van der Waals surface area (Å²) in [5.41, 5.74) is 6.89. The van der Waals surface area contributed by atoms with E-state index >= 15 is 0 Å². The lowest BCUT2D eigenvalue weighted by atomic mass is 10.1. The summed E-state index contributed by atoms with van der Waals surface area (Å²) in [4.78, 5) is 4.11. The molecule has 0 fully saturated rings. The van der Waals surface area contributed by atoms with E-state index in [4.69, 9.17) is 10.5 Å². The van der Waals surface area contributed by atoms with Crippen LogP contribution in [-0.4, -0.2) is 14.8 Å². The van der Waals surface area contributed by atoms with Gasteiger partial charge < -0.3 is 10.5 Å². The van der Waals surface area contributed by atoms with Crippen LogP contribution in [0.3, 0.4) is 0 Å². The fourth-order valence-corrected chi connectivity index (χ4v) is 1.98. The molecule has 0 amide bonds. The van der Waals surface area contributed by atoms with Crippen molar-refractivity contribution in [3.8, 4) is 5.75 Å². The van der Waals surface area contributed by atoms with Gasteiger partial charge in [0.05, 0.1) is 0 Å². The molecule has 0 radical (unpaired) electrons. The van der Waals surface area contributed by atoms with Crippen molar-refractivity contribution in [1.82, 2.24) is 14.8 Å². The molecule has 0 aliphatic heterocycles. The average molecular weight is 311 g/mol. The lowest BCUT2D eigenvalue weighted by molar-refractivity contribution is 0.285. The van der Waals surface area contributed by atoms with Crippen LogP contribution in [0.15, 0.2) is 29.0 Å². The molecule has 0 saturated carbocycles. The smallest absolute Gasteiger partial charge is 0.164 e. The Labute approximate surface area is 114 Å². The molecule has 1 aromatic carbocycles. The average Bonchev–Trinajstić information content (AvgIpc) is 2.73. The number of aromatic nitrogens is 3. The van der Waals surface area contributed by atoms with Crippen LogP contribution in [0.5, 0.6) is 5.75 Å². The number of ether oxygens (including phenoxy) is 1. The third-order valence-corrected chi connectivity index (χ3v) is 3.12. The van der Waals surface area contributed by atoms with Crippen molar-refractivity contribution < 1.29 is 4.74 Å². The van der Waals surface area contributed by atoms with Crippen LogP contribution >= 0.6 is 15.9 Å². The zero-order chi connectivity index (χ0) is 13.1. The number of hydrogen-bond acceptors (Lipinski definition) is 4. The molecule has 2 N–H and O–H groups in total. The molecule has 18 heavy (non-hydrogen) atoms. The third-order valence-electron chi connectivity index (χ3n) is 2.62. The Morgan fingerprint density at radius 2 is 2.28 bits per heavy atom. The van der Waals surface area contributed by atoms with Crippen molar-refractivity contribution in [2.24, 2.45) is 12.8 Å². The number of benzene rings is 1. The lowest BCUT2D eigenvalue weighted by Crippen LogP contribution is -2.10. The maximum absolute atomic E-state index is 5.93. The minimum absolute atomic E-state index is 0.0861. The number of rotatable bonds is 4. The SMILES string of the molecule is C[C@@H](N)c1cc(Br)ccc1OCc1ncnn1C. The molecule has 0 aliphatic rings. The number of aryl methyl sites for hydroxylation is 1. The molecule has 0 unspecified atom stereocenters. The first-order valence-electron chi connectivity index (χ1n) is 5.58. The van der Waals surface area contributed by atoms with Gasteiger partial charge in [-0.2, -0.15) is 5.10 Å². The minimum atomic E-state index is -0.0861. The molecular formula is C12H15BrN4O. The largest absolute Gasteiger partial charge is 0.485 e. The molecule has 2 rings (SSSR count). The zero-order valence-electron chi connectivity index (χ0n) is 10.3. The monoisotopic (exact) mass is 310 g/mol. The summed E-state index contributed by atoms with van der Waals surface area (Å²) >= 11 is 3.43. The van der Waals surface area contributed by atoms with Crippen molar-refractivity contribution in [2.45, 2.75) is 19.6 Å². The van der Waals surface area contributed by atoms with E-state index in [9.17, 15) is 0 Å². The van der Waals surface area contributed by atoms with Gasteiger partial charge in [-0.3, -0.25) is 4.68 Å². The highest BCUT2D eigenvalue weighted by Crippen LogP contribution is 2.27. The van der Waals surface area contributed by atoms with Gasteiger partial charge in [0.15, 0.2) is 5.82 Å². The Bertz CT molecular complexity index is 539. The summed E-state index contributed by atoms with van der Waals surface area (Å²) in [5, 5.41) is 3.99. The number of hydrogen-bond donors (Lipinski definition) is 1. The van der Waals surface area contributed by atoms with Gasteiger partial charge in [0.1, 0.15) is 18.7 Å². The van der Waals surface area contributed by atoms with Gasteiger partial charge >= 0.3 is 0 Å². The molecule has 0 aliphatic carbocycles. The van der Waals surface area contributed by atoms with E-state index in [2.05, 4.69) is 26.0 Å².